The second-order valence-corrected chi connectivity index (χ2v) is 5.24. The maximum atomic E-state index is 6.05. The molecule has 2 bridgehead atoms. The molecule has 3 unspecified atom stereocenters. The lowest BCUT2D eigenvalue weighted by atomic mass is 9.81. The highest BCUT2D eigenvalue weighted by Crippen LogP contribution is 2.41. The molecule has 4 fully saturated rings. The van der Waals surface area contributed by atoms with Crippen LogP contribution in [0.15, 0.2) is 0 Å². The molecular weight excluding hydrogens is 160 g/mol. The Morgan fingerprint density at radius 1 is 1.23 bits per heavy atom. The van der Waals surface area contributed by atoms with Gasteiger partial charge in [0.05, 0.1) is 0 Å². The number of fused-ring (bicyclic) bond motifs is 1. The predicted molar refractivity (Wildman–Crippen MR) is 53.4 cm³/mol. The third-order valence-corrected chi connectivity index (χ3v) is 4.44. The topological polar surface area (TPSA) is 29.3 Å². The number of nitrogens with zero attached hydrogens (tertiary/aromatic N) is 1. The van der Waals surface area contributed by atoms with E-state index in [1.165, 1.54) is 45.2 Å². The van der Waals surface area contributed by atoms with Crippen LogP contribution in [0.1, 0.15) is 32.1 Å². The Kier molecular flexibility index (Phi) is 1.88. The second kappa shape index (κ2) is 2.96. The van der Waals surface area contributed by atoms with Crippen LogP contribution in [0, 0.1) is 11.8 Å². The minimum atomic E-state index is 0.529. The molecule has 0 aromatic carbocycles. The summed E-state index contributed by atoms with van der Waals surface area (Å²) in [5.41, 5.74) is 6.05. The summed E-state index contributed by atoms with van der Waals surface area (Å²) < 4.78 is 0. The van der Waals surface area contributed by atoms with Crippen LogP contribution >= 0.6 is 0 Å². The first-order valence-corrected chi connectivity index (χ1v) is 5.84. The predicted octanol–water partition coefficient (Wildman–Crippen LogP) is 1.21. The van der Waals surface area contributed by atoms with Gasteiger partial charge in [-0.25, -0.2) is 0 Å². The summed E-state index contributed by atoms with van der Waals surface area (Å²) in [6, 6.07) is 1.30. The van der Waals surface area contributed by atoms with Crippen LogP contribution in [0.25, 0.3) is 0 Å². The van der Waals surface area contributed by atoms with Crippen molar-refractivity contribution in [1.82, 2.24) is 4.90 Å². The lowest BCUT2D eigenvalue weighted by Gasteiger charge is -2.34. The Morgan fingerprint density at radius 3 is 2.54 bits per heavy atom. The molecule has 2 aliphatic heterocycles. The first-order chi connectivity index (χ1) is 6.34. The molecule has 4 aliphatic rings. The van der Waals surface area contributed by atoms with Gasteiger partial charge in [-0.15, -0.1) is 0 Å². The molecule has 0 aromatic rings. The van der Waals surface area contributed by atoms with Crippen LogP contribution in [0.2, 0.25) is 0 Å². The molecule has 74 valence electrons. The smallest absolute Gasteiger partial charge is 0.0254 e. The Bertz CT molecular complexity index is 198. The van der Waals surface area contributed by atoms with Crippen molar-refractivity contribution in [2.75, 3.05) is 13.1 Å². The maximum Gasteiger partial charge on any atom is 0.0254 e. The molecule has 0 spiro atoms. The zero-order valence-corrected chi connectivity index (χ0v) is 8.28. The molecule has 3 atom stereocenters. The van der Waals surface area contributed by atoms with Crippen molar-refractivity contribution in [2.24, 2.45) is 17.6 Å². The summed E-state index contributed by atoms with van der Waals surface area (Å²) in [5.74, 6) is 1.86. The summed E-state index contributed by atoms with van der Waals surface area (Å²) in [6.45, 7) is 2.66. The molecule has 2 aliphatic carbocycles. The first-order valence-electron chi connectivity index (χ1n) is 5.84. The van der Waals surface area contributed by atoms with E-state index in [4.69, 9.17) is 5.73 Å². The van der Waals surface area contributed by atoms with Crippen LogP contribution in [-0.2, 0) is 0 Å². The number of hydrogen-bond donors (Lipinski definition) is 1. The summed E-state index contributed by atoms with van der Waals surface area (Å²) >= 11 is 0. The van der Waals surface area contributed by atoms with Gasteiger partial charge in [0.25, 0.3) is 0 Å². The molecule has 2 saturated carbocycles. The van der Waals surface area contributed by atoms with E-state index in [2.05, 4.69) is 4.90 Å². The van der Waals surface area contributed by atoms with Gasteiger partial charge < -0.3 is 5.73 Å². The van der Waals surface area contributed by atoms with E-state index in [0.29, 0.717) is 6.04 Å². The van der Waals surface area contributed by atoms with Crippen LogP contribution in [0.5, 0.6) is 0 Å². The van der Waals surface area contributed by atoms with E-state index < -0.39 is 0 Å². The molecule has 2 N–H and O–H groups in total. The van der Waals surface area contributed by atoms with Gasteiger partial charge in [-0.1, -0.05) is 12.8 Å². The molecule has 4 rings (SSSR count). The van der Waals surface area contributed by atoms with Gasteiger partial charge in [-0.2, -0.15) is 0 Å². The van der Waals surface area contributed by atoms with Gasteiger partial charge in [-0.3, -0.25) is 4.90 Å². The van der Waals surface area contributed by atoms with Crippen LogP contribution in [0.3, 0.4) is 0 Å². The zero-order valence-electron chi connectivity index (χ0n) is 8.28. The van der Waals surface area contributed by atoms with Crippen molar-refractivity contribution >= 4 is 0 Å². The van der Waals surface area contributed by atoms with Crippen molar-refractivity contribution in [3.63, 3.8) is 0 Å². The lowest BCUT2D eigenvalue weighted by molar-refractivity contribution is 0.191. The summed E-state index contributed by atoms with van der Waals surface area (Å²) in [7, 11) is 0. The Balaban J connectivity index is 1.56. The van der Waals surface area contributed by atoms with Crippen molar-refractivity contribution in [1.29, 1.82) is 0 Å². The summed E-state index contributed by atoms with van der Waals surface area (Å²) in [6.07, 6.45) is 7.29. The number of rotatable bonds is 2. The fraction of sp³-hybridized carbons (Fsp3) is 1.00. The molecule has 0 aromatic heterocycles. The van der Waals surface area contributed by atoms with Gasteiger partial charge in [0.2, 0.25) is 0 Å². The van der Waals surface area contributed by atoms with Gasteiger partial charge in [0.15, 0.2) is 0 Å². The van der Waals surface area contributed by atoms with Crippen LogP contribution in [-0.4, -0.2) is 30.1 Å². The van der Waals surface area contributed by atoms with E-state index in [-0.39, 0.29) is 0 Å². The van der Waals surface area contributed by atoms with E-state index in [9.17, 15) is 0 Å². The van der Waals surface area contributed by atoms with E-state index in [1.54, 1.807) is 0 Å². The summed E-state index contributed by atoms with van der Waals surface area (Å²) in [4.78, 5) is 2.67. The average Bonchev–Trinajstić information content (AvgIpc) is 2.78. The third-order valence-electron chi connectivity index (χ3n) is 4.44. The van der Waals surface area contributed by atoms with Gasteiger partial charge in [0.1, 0.15) is 0 Å². The minimum absolute atomic E-state index is 0.529. The van der Waals surface area contributed by atoms with E-state index >= 15 is 0 Å². The van der Waals surface area contributed by atoms with Crippen molar-refractivity contribution in [2.45, 2.75) is 44.2 Å². The quantitative estimate of drug-likeness (QED) is 0.692. The largest absolute Gasteiger partial charge is 0.326 e. The van der Waals surface area contributed by atoms with Gasteiger partial charge >= 0.3 is 0 Å². The van der Waals surface area contributed by atoms with Crippen molar-refractivity contribution < 1.29 is 0 Å². The SMILES string of the molecule is NC1C2CC1N(CC1CCCC1)C2. The molecule has 2 nitrogen and oxygen atoms in total. The average molecular weight is 180 g/mol. The maximum absolute atomic E-state index is 6.05. The standard InChI is InChI=1S/C11H20N2/c12-11-9-5-10(11)13(7-9)6-8-3-1-2-4-8/h8-11H,1-7,12H2. The molecule has 0 radical (unpaired) electrons. The number of hydrogen-bond acceptors (Lipinski definition) is 2. The third kappa shape index (κ3) is 1.23. The molecule has 2 heterocycles. The highest BCUT2D eigenvalue weighted by molar-refractivity contribution is 5.07. The van der Waals surface area contributed by atoms with Crippen LogP contribution < -0.4 is 5.73 Å². The lowest BCUT2D eigenvalue weighted by Crippen LogP contribution is -2.50. The van der Waals surface area contributed by atoms with E-state index in [1.807, 2.05) is 0 Å². The second-order valence-electron chi connectivity index (χ2n) is 5.24. The minimum Gasteiger partial charge on any atom is -0.326 e. The highest BCUT2D eigenvalue weighted by atomic mass is 15.2. The van der Waals surface area contributed by atoms with Crippen molar-refractivity contribution in [3.8, 4) is 0 Å². The molecule has 2 saturated heterocycles. The first kappa shape index (κ1) is 8.25. The molecule has 13 heavy (non-hydrogen) atoms. The van der Waals surface area contributed by atoms with Gasteiger partial charge in [0, 0.05) is 25.2 Å². The fourth-order valence-corrected chi connectivity index (χ4v) is 3.50. The fourth-order valence-electron chi connectivity index (χ4n) is 3.50. The van der Waals surface area contributed by atoms with Crippen LogP contribution in [0.4, 0.5) is 0 Å². The number of nitrogens with two attached hydrogens (primary N) is 1. The molecule has 0 amide bonds. The Hall–Kier alpha value is -0.0800. The normalized spacial score (nSPS) is 45.5. The van der Waals surface area contributed by atoms with Crippen molar-refractivity contribution in [3.05, 3.63) is 0 Å². The highest BCUT2D eigenvalue weighted by Gasteiger charge is 2.49. The molecule has 2 heteroatoms. The zero-order chi connectivity index (χ0) is 8.84. The monoisotopic (exact) mass is 180 g/mol. The Morgan fingerprint density at radius 2 is 2.00 bits per heavy atom. The molecular formula is C11H20N2. The summed E-state index contributed by atoms with van der Waals surface area (Å²) in [5, 5.41) is 0. The van der Waals surface area contributed by atoms with E-state index in [0.717, 1.165) is 17.9 Å². The van der Waals surface area contributed by atoms with Gasteiger partial charge in [-0.05, 0) is 31.1 Å². The Labute approximate surface area is 80.5 Å².